The number of hydrogen-bond donors (Lipinski definition) is 1. The fraction of sp³-hybridized carbons (Fsp3) is 0.524. The van der Waals surface area contributed by atoms with Crippen LogP contribution < -0.4 is 10.5 Å². The van der Waals surface area contributed by atoms with Crippen LogP contribution in [0.1, 0.15) is 25.3 Å². The largest absolute Gasteiger partial charge is 0.465 e. The highest BCUT2D eigenvalue weighted by Gasteiger charge is 2.32. The molecule has 2 unspecified atom stereocenters. The summed E-state index contributed by atoms with van der Waals surface area (Å²) < 4.78 is 15.9. The highest BCUT2D eigenvalue weighted by atomic mass is 35.5. The zero-order chi connectivity index (χ0) is 23.2. The number of carboxylic acid groups (broad SMARTS) is 1. The molecule has 2 aliphatic heterocycles. The predicted octanol–water partition coefficient (Wildman–Crippen LogP) is 2.34. The van der Waals surface area contributed by atoms with E-state index in [1.165, 1.54) is 15.5 Å². The molecule has 32 heavy (non-hydrogen) atoms. The van der Waals surface area contributed by atoms with Crippen LogP contribution in [0.25, 0.3) is 11.0 Å². The number of likely N-dealkylation sites (tertiary alicyclic amines) is 1. The van der Waals surface area contributed by atoms with Crippen molar-refractivity contribution in [1.29, 1.82) is 5.26 Å². The lowest BCUT2D eigenvalue weighted by molar-refractivity contribution is 0.136. The van der Waals surface area contributed by atoms with Crippen molar-refractivity contribution in [2.24, 2.45) is 0 Å². The number of carbonyl (C=O) groups is 1. The van der Waals surface area contributed by atoms with E-state index in [1.54, 1.807) is 11.8 Å². The average Bonchev–Trinajstić information content (AvgIpc) is 3.15. The van der Waals surface area contributed by atoms with Crippen LogP contribution in [0.15, 0.2) is 10.9 Å². The van der Waals surface area contributed by atoms with Crippen LogP contribution in [-0.2, 0) is 6.54 Å². The fourth-order valence-electron chi connectivity index (χ4n) is 4.76. The number of amides is 1. The number of halogens is 2. The molecule has 2 aromatic heterocycles. The van der Waals surface area contributed by atoms with E-state index in [4.69, 9.17) is 11.6 Å². The molecule has 9 nitrogen and oxygen atoms in total. The van der Waals surface area contributed by atoms with Gasteiger partial charge in [-0.2, -0.15) is 5.26 Å². The van der Waals surface area contributed by atoms with Gasteiger partial charge in [0.25, 0.3) is 5.56 Å². The molecule has 2 fully saturated rings. The van der Waals surface area contributed by atoms with E-state index in [-0.39, 0.29) is 53.8 Å². The van der Waals surface area contributed by atoms with Gasteiger partial charge in [-0.1, -0.05) is 11.6 Å². The second-order valence-electron chi connectivity index (χ2n) is 8.43. The number of likely N-dealkylation sites (N-methyl/N-ethyl adjacent to an activating group) is 1. The van der Waals surface area contributed by atoms with Gasteiger partial charge in [0.2, 0.25) is 0 Å². The third-order valence-electron chi connectivity index (χ3n) is 6.48. The van der Waals surface area contributed by atoms with E-state index in [0.717, 1.165) is 19.4 Å². The Morgan fingerprint density at radius 2 is 2.16 bits per heavy atom. The summed E-state index contributed by atoms with van der Waals surface area (Å²) in [7, 11) is 1.98. The maximum Gasteiger partial charge on any atom is 0.407 e. The Hall–Kier alpha value is -2.90. The maximum absolute atomic E-state index is 14.5. The van der Waals surface area contributed by atoms with Crippen molar-refractivity contribution >= 4 is 34.4 Å². The molecule has 4 rings (SSSR count). The predicted molar refractivity (Wildman–Crippen MR) is 118 cm³/mol. The van der Waals surface area contributed by atoms with Crippen LogP contribution in [0.3, 0.4) is 0 Å². The number of piperazine rings is 1. The van der Waals surface area contributed by atoms with Crippen LogP contribution in [0.5, 0.6) is 0 Å². The molecule has 4 heterocycles. The van der Waals surface area contributed by atoms with E-state index >= 15 is 0 Å². The summed E-state index contributed by atoms with van der Waals surface area (Å²) in [6.45, 7) is 3.69. The number of nitriles is 1. The summed E-state index contributed by atoms with van der Waals surface area (Å²) in [5.74, 6) is -0.746. The lowest BCUT2D eigenvalue weighted by atomic mass is 10.1. The molecule has 0 bridgehead atoms. The third-order valence-corrected chi connectivity index (χ3v) is 6.75. The zero-order valence-corrected chi connectivity index (χ0v) is 18.6. The van der Waals surface area contributed by atoms with Crippen LogP contribution >= 0.6 is 11.6 Å². The highest BCUT2D eigenvalue weighted by molar-refractivity contribution is 6.30. The van der Waals surface area contributed by atoms with E-state index in [9.17, 15) is 24.3 Å². The van der Waals surface area contributed by atoms with E-state index < -0.39 is 17.5 Å². The number of nitrogens with zero attached hydrogens (tertiary/aromatic N) is 6. The quantitative estimate of drug-likeness (QED) is 0.698. The fourth-order valence-corrected chi connectivity index (χ4v) is 4.89. The van der Waals surface area contributed by atoms with Crippen molar-refractivity contribution < 1.29 is 14.3 Å². The van der Waals surface area contributed by atoms with Gasteiger partial charge in [0.05, 0.1) is 5.69 Å². The third kappa shape index (κ3) is 3.76. The molecule has 2 aliphatic rings. The molecule has 0 spiro atoms. The molecule has 2 atom stereocenters. The van der Waals surface area contributed by atoms with Crippen molar-refractivity contribution in [3.05, 3.63) is 33.0 Å². The summed E-state index contributed by atoms with van der Waals surface area (Å²) in [5.41, 5.74) is -0.0941. The van der Waals surface area contributed by atoms with Gasteiger partial charge in [0.15, 0.2) is 11.0 Å². The first-order chi connectivity index (χ1) is 15.2. The van der Waals surface area contributed by atoms with Crippen LogP contribution in [-0.4, -0.2) is 75.9 Å². The Labute approximate surface area is 189 Å². The molecular formula is C21H24ClFN6O3. The molecule has 11 heteroatoms. The number of rotatable bonds is 3. The van der Waals surface area contributed by atoms with Crippen LogP contribution in [0.4, 0.5) is 14.9 Å². The Bertz CT molecular complexity index is 1180. The average molecular weight is 463 g/mol. The van der Waals surface area contributed by atoms with E-state index in [0.29, 0.717) is 11.9 Å². The summed E-state index contributed by atoms with van der Waals surface area (Å²) in [5, 5.41) is 19.2. The standard InChI is InChI=1S/C21H24ClFN6O3/c1-12-10-27(21(31)32)6-7-28(12)17-14-8-16(23)18(22)25-19(14)29(20(30)15(17)9-24)11-13-4-3-5-26(13)2/h8,12-13H,3-7,10-11H2,1-2H3,(H,31,32). The van der Waals surface area contributed by atoms with E-state index in [2.05, 4.69) is 9.88 Å². The van der Waals surface area contributed by atoms with Gasteiger partial charge < -0.3 is 19.8 Å². The monoisotopic (exact) mass is 462 g/mol. The Balaban J connectivity index is 1.91. The van der Waals surface area contributed by atoms with Crippen molar-refractivity contribution in [3.8, 4) is 6.07 Å². The molecule has 0 radical (unpaired) electrons. The summed E-state index contributed by atoms with van der Waals surface area (Å²) in [6.07, 6.45) is 0.875. The van der Waals surface area contributed by atoms with Crippen molar-refractivity contribution in [1.82, 2.24) is 19.4 Å². The molecule has 170 valence electrons. The second-order valence-corrected chi connectivity index (χ2v) is 8.79. The normalized spacial score (nSPS) is 21.8. The minimum Gasteiger partial charge on any atom is -0.465 e. The molecule has 0 aliphatic carbocycles. The lowest BCUT2D eigenvalue weighted by Gasteiger charge is -2.40. The molecule has 1 N–H and O–H groups in total. The topological polar surface area (TPSA) is 106 Å². The first-order valence-corrected chi connectivity index (χ1v) is 10.9. The zero-order valence-electron chi connectivity index (χ0n) is 17.9. The molecule has 0 aromatic carbocycles. The van der Waals surface area contributed by atoms with Gasteiger partial charge in [-0.3, -0.25) is 9.36 Å². The summed E-state index contributed by atoms with van der Waals surface area (Å²) in [4.78, 5) is 34.3. The summed E-state index contributed by atoms with van der Waals surface area (Å²) in [6, 6.07) is 3.00. The van der Waals surface area contributed by atoms with Gasteiger partial charge >= 0.3 is 6.09 Å². The van der Waals surface area contributed by atoms with Gasteiger partial charge in [0, 0.05) is 43.6 Å². The van der Waals surface area contributed by atoms with Crippen molar-refractivity contribution in [2.45, 2.75) is 38.4 Å². The van der Waals surface area contributed by atoms with Gasteiger partial charge in [0.1, 0.15) is 17.3 Å². The molecule has 0 saturated carbocycles. The summed E-state index contributed by atoms with van der Waals surface area (Å²) >= 11 is 5.99. The highest BCUT2D eigenvalue weighted by Crippen LogP contribution is 2.33. The molecular weight excluding hydrogens is 439 g/mol. The number of aromatic nitrogens is 2. The Kier molecular flexibility index (Phi) is 5.97. The van der Waals surface area contributed by atoms with Crippen molar-refractivity contribution in [2.75, 3.05) is 38.1 Å². The van der Waals surface area contributed by atoms with Gasteiger partial charge in [-0.15, -0.1) is 0 Å². The number of pyridine rings is 2. The maximum atomic E-state index is 14.5. The first-order valence-electron chi connectivity index (χ1n) is 10.5. The molecule has 1 amide bonds. The SMILES string of the molecule is CC1CN(C(=O)O)CCN1c1c(C#N)c(=O)n(CC2CCCN2C)c2nc(Cl)c(F)cc12. The van der Waals surface area contributed by atoms with Crippen LogP contribution in [0, 0.1) is 17.1 Å². The van der Waals surface area contributed by atoms with Gasteiger partial charge in [-0.05, 0) is 39.4 Å². The van der Waals surface area contributed by atoms with Crippen molar-refractivity contribution in [3.63, 3.8) is 0 Å². The Morgan fingerprint density at radius 1 is 1.41 bits per heavy atom. The lowest BCUT2D eigenvalue weighted by Crippen LogP contribution is -2.54. The van der Waals surface area contributed by atoms with Gasteiger partial charge in [-0.25, -0.2) is 14.2 Å². The molecule has 2 aromatic rings. The first kappa shape index (κ1) is 22.3. The molecule has 2 saturated heterocycles. The number of fused-ring (bicyclic) bond motifs is 1. The number of hydrogen-bond acceptors (Lipinski definition) is 6. The second kappa shape index (κ2) is 8.56. The van der Waals surface area contributed by atoms with Crippen LogP contribution in [0.2, 0.25) is 5.15 Å². The smallest absolute Gasteiger partial charge is 0.407 e. The number of anilines is 1. The minimum absolute atomic E-state index is 0.0944. The minimum atomic E-state index is -1.03. The van der Waals surface area contributed by atoms with E-state index in [1.807, 2.05) is 13.1 Å². The Morgan fingerprint density at radius 3 is 2.75 bits per heavy atom.